The number of hydrogen-bond donors (Lipinski definition) is 0. The van der Waals surface area contributed by atoms with Crippen LogP contribution in [0.5, 0.6) is 5.75 Å². The maximum atomic E-state index is 5.46. The summed E-state index contributed by atoms with van der Waals surface area (Å²) >= 11 is 0. The fraction of sp³-hybridized carbons (Fsp3) is 0.462. The Labute approximate surface area is 95.7 Å². The minimum Gasteiger partial charge on any atom is -0.357 e. The molecule has 84 valence electrons. The minimum atomic E-state index is 0.661. The molecule has 3 nitrogen and oxygen atoms in total. The van der Waals surface area contributed by atoms with Crippen LogP contribution in [-0.2, 0) is 0 Å². The number of hydrogen-bond acceptors (Lipinski definition) is 3. The molecule has 0 atom stereocenters. The van der Waals surface area contributed by atoms with Crippen LogP contribution in [0.15, 0.2) is 35.5 Å². The first-order valence-corrected chi connectivity index (χ1v) is 5.93. The maximum Gasteiger partial charge on any atom is 0.157 e. The smallest absolute Gasteiger partial charge is 0.157 e. The molecule has 0 N–H and O–H groups in total. The van der Waals surface area contributed by atoms with Crippen molar-refractivity contribution in [1.29, 1.82) is 0 Å². The van der Waals surface area contributed by atoms with Gasteiger partial charge in [-0.15, -0.1) is 0 Å². The zero-order valence-electron chi connectivity index (χ0n) is 9.30. The number of oxime groups is 1. The first-order valence-electron chi connectivity index (χ1n) is 5.93. The lowest BCUT2D eigenvalue weighted by Crippen LogP contribution is -2.48. The molecular formula is C13H16N2O. The van der Waals surface area contributed by atoms with E-state index in [1.807, 2.05) is 30.3 Å². The van der Waals surface area contributed by atoms with Crippen molar-refractivity contribution < 1.29 is 4.84 Å². The Bertz CT molecular complexity index is 380. The molecule has 3 fully saturated rings. The average Bonchev–Trinajstić information content (AvgIpc) is 2.39. The maximum absolute atomic E-state index is 5.46. The van der Waals surface area contributed by atoms with E-state index in [0.29, 0.717) is 5.92 Å². The van der Waals surface area contributed by atoms with Crippen LogP contribution in [0, 0.1) is 5.92 Å². The van der Waals surface area contributed by atoms with Gasteiger partial charge >= 0.3 is 0 Å². The average molecular weight is 216 g/mol. The van der Waals surface area contributed by atoms with E-state index in [1.54, 1.807) is 0 Å². The quantitative estimate of drug-likeness (QED) is 0.708. The molecule has 16 heavy (non-hydrogen) atoms. The molecular weight excluding hydrogens is 200 g/mol. The second-order valence-electron chi connectivity index (χ2n) is 4.54. The second kappa shape index (κ2) is 4.26. The van der Waals surface area contributed by atoms with E-state index < -0.39 is 0 Å². The van der Waals surface area contributed by atoms with Crippen LogP contribution in [0.1, 0.15) is 12.8 Å². The number of rotatable bonds is 2. The van der Waals surface area contributed by atoms with Crippen molar-refractivity contribution in [3.8, 4) is 5.75 Å². The fourth-order valence-corrected chi connectivity index (χ4v) is 2.48. The lowest BCUT2D eigenvalue weighted by molar-refractivity contribution is 0.192. The van der Waals surface area contributed by atoms with Crippen LogP contribution in [0.3, 0.4) is 0 Å². The molecule has 0 saturated carbocycles. The van der Waals surface area contributed by atoms with Gasteiger partial charge in [0.15, 0.2) is 5.75 Å². The Morgan fingerprint density at radius 2 is 1.88 bits per heavy atom. The van der Waals surface area contributed by atoms with E-state index in [-0.39, 0.29) is 0 Å². The summed E-state index contributed by atoms with van der Waals surface area (Å²) in [6, 6.07) is 9.78. The highest BCUT2D eigenvalue weighted by molar-refractivity contribution is 5.89. The van der Waals surface area contributed by atoms with Crippen molar-refractivity contribution in [2.75, 3.05) is 19.6 Å². The summed E-state index contributed by atoms with van der Waals surface area (Å²) in [6.45, 7) is 3.46. The highest BCUT2D eigenvalue weighted by Crippen LogP contribution is 2.25. The van der Waals surface area contributed by atoms with Gasteiger partial charge in [-0.1, -0.05) is 23.4 Å². The standard InChI is InChI=1S/C13H16N2O/c1-2-4-12(5-3-1)16-14-13-10-15-8-6-11(13)7-9-15/h1-5,11H,6-10H2. The lowest BCUT2D eigenvalue weighted by atomic mass is 9.87. The zero-order chi connectivity index (χ0) is 10.8. The number of nitrogens with zero attached hydrogens (tertiary/aromatic N) is 2. The molecule has 3 saturated heterocycles. The van der Waals surface area contributed by atoms with Crippen molar-refractivity contribution in [3.63, 3.8) is 0 Å². The van der Waals surface area contributed by atoms with Crippen LogP contribution in [0.25, 0.3) is 0 Å². The van der Waals surface area contributed by atoms with E-state index >= 15 is 0 Å². The van der Waals surface area contributed by atoms with Crippen molar-refractivity contribution in [3.05, 3.63) is 30.3 Å². The predicted molar refractivity (Wildman–Crippen MR) is 63.7 cm³/mol. The summed E-state index contributed by atoms with van der Waals surface area (Å²) in [5.74, 6) is 1.49. The molecule has 0 unspecified atom stereocenters. The number of benzene rings is 1. The Morgan fingerprint density at radius 3 is 2.50 bits per heavy atom. The molecule has 1 aromatic rings. The van der Waals surface area contributed by atoms with Crippen molar-refractivity contribution in [2.45, 2.75) is 12.8 Å². The topological polar surface area (TPSA) is 24.8 Å². The molecule has 0 spiro atoms. The van der Waals surface area contributed by atoms with E-state index in [4.69, 9.17) is 4.84 Å². The summed E-state index contributed by atoms with van der Waals surface area (Å²) < 4.78 is 0. The molecule has 0 radical (unpaired) electrons. The Hall–Kier alpha value is -1.35. The Balaban J connectivity index is 1.69. The van der Waals surface area contributed by atoms with Crippen LogP contribution >= 0.6 is 0 Å². The van der Waals surface area contributed by atoms with E-state index in [0.717, 1.165) is 12.3 Å². The van der Waals surface area contributed by atoms with Crippen molar-refractivity contribution in [1.82, 2.24) is 4.90 Å². The van der Waals surface area contributed by atoms with Crippen LogP contribution in [-0.4, -0.2) is 30.2 Å². The van der Waals surface area contributed by atoms with Gasteiger partial charge in [0.25, 0.3) is 0 Å². The first-order chi connectivity index (χ1) is 7.92. The molecule has 3 heterocycles. The summed E-state index contributed by atoms with van der Waals surface area (Å²) in [4.78, 5) is 7.91. The van der Waals surface area contributed by atoms with Crippen LogP contribution in [0.2, 0.25) is 0 Å². The van der Waals surface area contributed by atoms with Gasteiger partial charge in [-0.05, 0) is 38.1 Å². The Kier molecular flexibility index (Phi) is 2.62. The van der Waals surface area contributed by atoms with Crippen molar-refractivity contribution >= 4 is 5.71 Å². The van der Waals surface area contributed by atoms with Gasteiger partial charge in [-0.25, -0.2) is 0 Å². The molecule has 3 aliphatic heterocycles. The minimum absolute atomic E-state index is 0.661. The highest BCUT2D eigenvalue weighted by Gasteiger charge is 2.31. The van der Waals surface area contributed by atoms with E-state index in [9.17, 15) is 0 Å². The van der Waals surface area contributed by atoms with Gasteiger partial charge in [0.2, 0.25) is 0 Å². The van der Waals surface area contributed by atoms with Crippen LogP contribution in [0.4, 0.5) is 0 Å². The third-order valence-electron chi connectivity index (χ3n) is 3.46. The summed E-state index contributed by atoms with van der Waals surface area (Å²) in [5, 5.41) is 4.31. The monoisotopic (exact) mass is 216 g/mol. The SMILES string of the molecule is c1ccc(ON=C2CN3CCC2CC3)cc1. The van der Waals surface area contributed by atoms with Gasteiger partial charge in [-0.2, -0.15) is 0 Å². The lowest BCUT2D eigenvalue weighted by Gasteiger charge is -2.39. The van der Waals surface area contributed by atoms with E-state index in [1.165, 1.54) is 31.6 Å². The molecule has 3 aliphatic rings. The second-order valence-corrected chi connectivity index (χ2v) is 4.54. The fourth-order valence-electron chi connectivity index (χ4n) is 2.48. The summed E-state index contributed by atoms with van der Waals surface area (Å²) in [7, 11) is 0. The van der Waals surface area contributed by atoms with Gasteiger partial charge in [0.1, 0.15) is 0 Å². The normalized spacial score (nSPS) is 30.6. The van der Waals surface area contributed by atoms with Crippen LogP contribution < -0.4 is 4.84 Å². The van der Waals surface area contributed by atoms with Gasteiger partial charge in [0, 0.05) is 12.5 Å². The molecule has 0 aliphatic carbocycles. The Morgan fingerprint density at radius 1 is 1.12 bits per heavy atom. The summed E-state index contributed by atoms with van der Waals surface area (Å²) in [5.41, 5.74) is 1.22. The third kappa shape index (κ3) is 1.95. The summed E-state index contributed by atoms with van der Waals surface area (Å²) in [6.07, 6.45) is 2.49. The predicted octanol–water partition coefficient (Wildman–Crippen LogP) is 2.15. The molecule has 1 aromatic carbocycles. The number of fused-ring (bicyclic) bond motifs is 3. The molecule has 0 amide bonds. The van der Waals surface area contributed by atoms with Gasteiger partial charge in [0.05, 0.1) is 5.71 Å². The number of piperidine rings is 3. The molecule has 3 heteroatoms. The molecule has 0 aromatic heterocycles. The molecule has 4 rings (SSSR count). The number of para-hydroxylation sites is 1. The largest absolute Gasteiger partial charge is 0.357 e. The zero-order valence-corrected chi connectivity index (χ0v) is 9.30. The molecule has 2 bridgehead atoms. The van der Waals surface area contributed by atoms with E-state index in [2.05, 4.69) is 10.1 Å². The van der Waals surface area contributed by atoms with Gasteiger partial charge in [-0.3, -0.25) is 4.90 Å². The first kappa shape index (κ1) is 9.85. The van der Waals surface area contributed by atoms with Gasteiger partial charge < -0.3 is 4.84 Å². The highest BCUT2D eigenvalue weighted by atomic mass is 16.6. The third-order valence-corrected chi connectivity index (χ3v) is 3.46. The van der Waals surface area contributed by atoms with Crippen molar-refractivity contribution in [2.24, 2.45) is 11.1 Å².